The zero-order valence-corrected chi connectivity index (χ0v) is 20.5. The van der Waals surface area contributed by atoms with Crippen molar-refractivity contribution >= 4 is 23.3 Å². The lowest BCUT2D eigenvalue weighted by atomic mass is 9.69. The van der Waals surface area contributed by atoms with E-state index in [2.05, 4.69) is 61.0 Å². The van der Waals surface area contributed by atoms with E-state index in [9.17, 15) is 9.59 Å². The summed E-state index contributed by atoms with van der Waals surface area (Å²) in [5.74, 6) is 0.642. The molecular formula is C28H36N4O2. The molecule has 1 aliphatic heterocycles. The monoisotopic (exact) mass is 460 g/mol. The van der Waals surface area contributed by atoms with E-state index in [-0.39, 0.29) is 11.9 Å². The molecule has 0 radical (unpaired) electrons. The smallest absolute Gasteiger partial charge is 0.328 e. The fourth-order valence-electron chi connectivity index (χ4n) is 6.30. The van der Waals surface area contributed by atoms with E-state index in [4.69, 9.17) is 0 Å². The van der Waals surface area contributed by atoms with Crippen LogP contribution in [0.25, 0.3) is 0 Å². The lowest BCUT2D eigenvalue weighted by molar-refractivity contribution is -0.120. The first-order valence-electron chi connectivity index (χ1n) is 12.5. The molecule has 0 spiro atoms. The Morgan fingerprint density at radius 1 is 0.971 bits per heavy atom. The van der Waals surface area contributed by atoms with Gasteiger partial charge in [0.05, 0.1) is 0 Å². The maximum absolute atomic E-state index is 12.0. The summed E-state index contributed by atoms with van der Waals surface area (Å²) >= 11 is 0. The van der Waals surface area contributed by atoms with Crippen LogP contribution >= 0.6 is 0 Å². The van der Waals surface area contributed by atoms with Crippen molar-refractivity contribution in [1.82, 2.24) is 10.6 Å². The Balaban J connectivity index is 1.11. The standard InChI is InChI=1S/C28H36N4O2/c1-27(2)21-12-14-28(27,3)24(16-21)30-18-20-6-4-19(5-7-20)17-29-22-8-10-23(11-9-22)32-15-13-25(33)31-26(32)34/h4-11,21,24,29-30H,12-18H2,1-3H3,(H,31,33,34)/t21-,24+,28+/m1/s1. The second-order valence-electron chi connectivity index (χ2n) is 11.0. The molecule has 3 N–H and O–H groups in total. The number of hydrogen-bond acceptors (Lipinski definition) is 4. The van der Waals surface area contributed by atoms with Crippen LogP contribution in [-0.4, -0.2) is 24.5 Å². The molecule has 3 fully saturated rings. The molecule has 34 heavy (non-hydrogen) atoms. The van der Waals surface area contributed by atoms with Crippen molar-refractivity contribution in [2.24, 2.45) is 16.7 Å². The lowest BCUT2D eigenvalue weighted by Crippen LogP contribution is -2.49. The molecule has 3 aliphatic rings. The first-order chi connectivity index (χ1) is 16.3. The topological polar surface area (TPSA) is 73.5 Å². The van der Waals surface area contributed by atoms with E-state index in [1.807, 2.05) is 24.3 Å². The highest BCUT2D eigenvalue weighted by Gasteiger charge is 2.60. The summed E-state index contributed by atoms with van der Waals surface area (Å²) in [7, 11) is 0. The molecule has 2 bridgehead atoms. The Hall–Kier alpha value is -2.86. The van der Waals surface area contributed by atoms with Crippen molar-refractivity contribution in [3.63, 3.8) is 0 Å². The van der Waals surface area contributed by atoms with E-state index >= 15 is 0 Å². The van der Waals surface area contributed by atoms with Gasteiger partial charge < -0.3 is 10.6 Å². The average Bonchev–Trinajstić information content (AvgIpc) is 3.16. The van der Waals surface area contributed by atoms with Gasteiger partial charge in [-0.15, -0.1) is 0 Å². The Morgan fingerprint density at radius 3 is 2.24 bits per heavy atom. The predicted molar refractivity (Wildman–Crippen MR) is 136 cm³/mol. The average molecular weight is 461 g/mol. The predicted octanol–water partition coefficient (Wildman–Crippen LogP) is 5.05. The van der Waals surface area contributed by atoms with Gasteiger partial charge >= 0.3 is 6.03 Å². The van der Waals surface area contributed by atoms with Gasteiger partial charge in [0.25, 0.3) is 0 Å². The molecule has 3 atom stereocenters. The van der Waals surface area contributed by atoms with E-state index in [0.29, 0.717) is 29.8 Å². The molecule has 0 aromatic heterocycles. The number of carbonyl (C=O) groups is 2. The molecule has 2 saturated carbocycles. The van der Waals surface area contributed by atoms with Crippen LogP contribution in [0.2, 0.25) is 0 Å². The minimum absolute atomic E-state index is 0.217. The van der Waals surface area contributed by atoms with E-state index < -0.39 is 0 Å². The summed E-state index contributed by atoms with van der Waals surface area (Å²) in [6.45, 7) is 9.50. The number of amides is 3. The van der Waals surface area contributed by atoms with Crippen molar-refractivity contribution in [1.29, 1.82) is 0 Å². The second kappa shape index (κ2) is 8.73. The summed E-state index contributed by atoms with van der Waals surface area (Å²) in [5.41, 5.74) is 5.20. The third-order valence-electron chi connectivity index (χ3n) is 9.10. The number of carbonyl (C=O) groups excluding carboxylic acids is 2. The lowest BCUT2D eigenvalue weighted by Gasteiger charge is -2.39. The third kappa shape index (κ3) is 4.09. The van der Waals surface area contributed by atoms with Crippen LogP contribution in [0.4, 0.5) is 16.2 Å². The Kier molecular flexibility index (Phi) is 5.88. The molecule has 5 rings (SSSR count). The quantitative estimate of drug-likeness (QED) is 0.541. The van der Waals surface area contributed by atoms with Crippen LogP contribution in [0.3, 0.4) is 0 Å². The van der Waals surface area contributed by atoms with Crippen LogP contribution in [-0.2, 0) is 17.9 Å². The first-order valence-corrected chi connectivity index (χ1v) is 12.5. The molecular weight excluding hydrogens is 424 g/mol. The van der Waals surface area contributed by atoms with E-state index in [1.165, 1.54) is 30.4 Å². The number of nitrogens with zero attached hydrogens (tertiary/aromatic N) is 1. The highest BCUT2D eigenvalue weighted by atomic mass is 16.2. The van der Waals surface area contributed by atoms with E-state index in [0.717, 1.165) is 30.4 Å². The number of imide groups is 1. The van der Waals surface area contributed by atoms with E-state index in [1.54, 1.807) is 4.90 Å². The molecule has 3 amide bonds. The Bertz CT molecular complexity index is 1060. The molecule has 2 aromatic rings. The van der Waals surface area contributed by atoms with Crippen LogP contribution < -0.4 is 20.9 Å². The molecule has 6 heteroatoms. The zero-order valence-electron chi connectivity index (χ0n) is 20.5. The molecule has 2 aliphatic carbocycles. The van der Waals surface area contributed by atoms with Gasteiger partial charge in [0.15, 0.2) is 0 Å². The molecule has 2 aromatic carbocycles. The minimum Gasteiger partial charge on any atom is -0.381 e. The van der Waals surface area contributed by atoms with Crippen molar-refractivity contribution < 1.29 is 9.59 Å². The van der Waals surface area contributed by atoms with Gasteiger partial charge in [-0.25, -0.2) is 4.79 Å². The minimum atomic E-state index is -0.357. The Morgan fingerprint density at radius 2 is 1.65 bits per heavy atom. The molecule has 180 valence electrons. The van der Waals surface area contributed by atoms with Gasteiger partial charge in [0.2, 0.25) is 5.91 Å². The van der Waals surface area contributed by atoms with Gasteiger partial charge in [-0.2, -0.15) is 0 Å². The maximum Gasteiger partial charge on any atom is 0.328 e. The maximum atomic E-state index is 12.0. The van der Waals surface area contributed by atoms with Crippen molar-refractivity contribution in [2.75, 3.05) is 16.8 Å². The third-order valence-corrected chi connectivity index (χ3v) is 9.10. The second-order valence-corrected chi connectivity index (χ2v) is 11.0. The van der Waals surface area contributed by atoms with Gasteiger partial charge in [-0.05, 0) is 71.4 Å². The number of anilines is 2. The number of urea groups is 1. The first kappa shape index (κ1) is 22.9. The summed E-state index contributed by atoms with van der Waals surface area (Å²) < 4.78 is 0. The summed E-state index contributed by atoms with van der Waals surface area (Å²) in [4.78, 5) is 24.9. The van der Waals surface area contributed by atoms with Gasteiger partial charge in [0, 0.05) is 43.5 Å². The number of benzene rings is 2. The van der Waals surface area contributed by atoms with Crippen LogP contribution in [0.1, 0.15) is 57.6 Å². The Labute approximate surface area is 202 Å². The normalized spacial score (nSPS) is 27.7. The number of hydrogen-bond donors (Lipinski definition) is 3. The molecule has 1 heterocycles. The molecule has 1 saturated heterocycles. The molecule has 6 nitrogen and oxygen atoms in total. The number of fused-ring (bicyclic) bond motifs is 2. The van der Waals surface area contributed by atoms with Gasteiger partial charge in [-0.3, -0.25) is 15.0 Å². The van der Waals surface area contributed by atoms with Crippen molar-refractivity contribution in [3.05, 3.63) is 59.7 Å². The fourth-order valence-corrected chi connectivity index (χ4v) is 6.30. The highest BCUT2D eigenvalue weighted by Crippen LogP contribution is 2.65. The van der Waals surface area contributed by atoms with Crippen LogP contribution in [0.15, 0.2) is 48.5 Å². The number of rotatable bonds is 7. The van der Waals surface area contributed by atoms with Crippen molar-refractivity contribution in [3.8, 4) is 0 Å². The van der Waals surface area contributed by atoms with Crippen LogP contribution in [0.5, 0.6) is 0 Å². The summed E-state index contributed by atoms with van der Waals surface area (Å²) in [6, 6.07) is 16.8. The van der Waals surface area contributed by atoms with Gasteiger partial charge in [0.1, 0.15) is 0 Å². The highest BCUT2D eigenvalue weighted by molar-refractivity contribution is 6.05. The van der Waals surface area contributed by atoms with Crippen LogP contribution in [0, 0.1) is 16.7 Å². The van der Waals surface area contributed by atoms with Gasteiger partial charge in [-0.1, -0.05) is 45.0 Å². The summed E-state index contributed by atoms with van der Waals surface area (Å²) in [5, 5.41) is 9.68. The zero-order chi connectivity index (χ0) is 23.9. The molecule has 0 unspecified atom stereocenters. The largest absolute Gasteiger partial charge is 0.381 e. The summed E-state index contributed by atoms with van der Waals surface area (Å²) in [6.07, 6.45) is 4.38. The number of nitrogens with one attached hydrogen (secondary N) is 3. The fraction of sp³-hybridized carbons (Fsp3) is 0.500. The van der Waals surface area contributed by atoms with Crippen molar-refractivity contribution in [2.45, 2.75) is 65.6 Å². The SMILES string of the molecule is CC1(C)[C@@H]2CC[C@@]1(C)[C@@H](NCc1ccc(CNc3ccc(N4CCC(=O)NC4=O)cc3)cc1)C2.